The van der Waals surface area contributed by atoms with E-state index in [2.05, 4.69) is 11.4 Å². The predicted octanol–water partition coefficient (Wildman–Crippen LogP) is 3.70. The third kappa shape index (κ3) is 4.28. The zero-order valence-corrected chi connectivity index (χ0v) is 15.0. The first-order chi connectivity index (χ1) is 11.4. The summed E-state index contributed by atoms with van der Waals surface area (Å²) in [6.45, 7) is 8.23. The SMILES string of the molecule is COc1ccccc1CNC(=O)C(C)Oc1cc(C)cc(C)c1C. The normalized spacial score (nSPS) is 11.7. The highest BCUT2D eigenvalue weighted by atomic mass is 16.5. The van der Waals surface area contributed by atoms with Crippen molar-refractivity contribution >= 4 is 5.91 Å². The van der Waals surface area contributed by atoms with Crippen molar-refractivity contribution in [3.8, 4) is 11.5 Å². The number of aryl methyl sites for hydroxylation is 2. The average Bonchev–Trinajstić information content (AvgIpc) is 2.57. The topological polar surface area (TPSA) is 47.6 Å². The number of hydrogen-bond donors (Lipinski definition) is 1. The maximum atomic E-state index is 12.3. The predicted molar refractivity (Wildman–Crippen MR) is 95.6 cm³/mol. The van der Waals surface area contributed by atoms with Crippen LogP contribution in [-0.4, -0.2) is 19.1 Å². The van der Waals surface area contributed by atoms with Gasteiger partial charge in [0.2, 0.25) is 0 Å². The second kappa shape index (κ2) is 7.86. The summed E-state index contributed by atoms with van der Waals surface area (Å²) in [4.78, 5) is 12.3. The number of carbonyl (C=O) groups is 1. The summed E-state index contributed by atoms with van der Waals surface area (Å²) < 4.78 is 11.2. The molecular weight excluding hydrogens is 302 g/mol. The quantitative estimate of drug-likeness (QED) is 0.880. The van der Waals surface area contributed by atoms with Crippen LogP contribution in [-0.2, 0) is 11.3 Å². The molecule has 128 valence electrons. The summed E-state index contributed by atoms with van der Waals surface area (Å²) in [5.74, 6) is 1.36. The smallest absolute Gasteiger partial charge is 0.261 e. The lowest BCUT2D eigenvalue weighted by molar-refractivity contribution is -0.127. The molecule has 0 aliphatic rings. The average molecular weight is 327 g/mol. The minimum absolute atomic E-state index is 0.153. The van der Waals surface area contributed by atoms with E-state index in [9.17, 15) is 4.79 Å². The minimum atomic E-state index is -0.570. The molecule has 0 fully saturated rings. The van der Waals surface area contributed by atoms with Crippen LogP contribution in [0, 0.1) is 20.8 Å². The molecule has 1 unspecified atom stereocenters. The summed E-state index contributed by atoms with van der Waals surface area (Å²) in [7, 11) is 1.62. The van der Waals surface area contributed by atoms with Crippen LogP contribution in [0.5, 0.6) is 11.5 Å². The highest BCUT2D eigenvalue weighted by molar-refractivity contribution is 5.80. The fourth-order valence-electron chi connectivity index (χ4n) is 2.54. The molecule has 0 saturated carbocycles. The summed E-state index contributed by atoms with van der Waals surface area (Å²) in [5.41, 5.74) is 4.27. The first-order valence-electron chi connectivity index (χ1n) is 8.06. The van der Waals surface area contributed by atoms with Gasteiger partial charge in [0.15, 0.2) is 6.10 Å². The van der Waals surface area contributed by atoms with E-state index >= 15 is 0 Å². The lowest BCUT2D eigenvalue weighted by Crippen LogP contribution is -2.36. The van der Waals surface area contributed by atoms with Gasteiger partial charge in [-0.1, -0.05) is 24.3 Å². The van der Waals surface area contributed by atoms with Gasteiger partial charge in [-0.15, -0.1) is 0 Å². The van der Waals surface area contributed by atoms with Gasteiger partial charge in [-0.25, -0.2) is 0 Å². The number of carbonyl (C=O) groups excluding carboxylic acids is 1. The largest absolute Gasteiger partial charge is 0.496 e. The van der Waals surface area contributed by atoms with E-state index in [-0.39, 0.29) is 5.91 Å². The Balaban J connectivity index is 2.00. The first-order valence-corrected chi connectivity index (χ1v) is 8.06. The molecule has 1 N–H and O–H groups in total. The lowest BCUT2D eigenvalue weighted by atomic mass is 10.1. The molecule has 0 heterocycles. The van der Waals surface area contributed by atoms with E-state index in [4.69, 9.17) is 9.47 Å². The van der Waals surface area contributed by atoms with E-state index in [1.54, 1.807) is 14.0 Å². The molecule has 0 aliphatic carbocycles. The summed E-state index contributed by atoms with van der Waals surface area (Å²) in [6.07, 6.45) is -0.570. The number of ether oxygens (including phenoxy) is 2. The van der Waals surface area contributed by atoms with Crippen molar-refractivity contribution in [3.63, 3.8) is 0 Å². The Kier molecular flexibility index (Phi) is 5.85. The van der Waals surface area contributed by atoms with Crippen molar-refractivity contribution in [2.45, 2.75) is 40.3 Å². The van der Waals surface area contributed by atoms with Gasteiger partial charge >= 0.3 is 0 Å². The van der Waals surface area contributed by atoms with Gasteiger partial charge in [-0.05, 0) is 56.5 Å². The van der Waals surface area contributed by atoms with Crippen LogP contribution in [0.25, 0.3) is 0 Å². The van der Waals surface area contributed by atoms with E-state index in [1.165, 1.54) is 0 Å². The molecule has 4 nitrogen and oxygen atoms in total. The van der Waals surface area contributed by atoms with Crippen molar-refractivity contribution < 1.29 is 14.3 Å². The summed E-state index contributed by atoms with van der Waals surface area (Å²) in [6, 6.07) is 11.7. The van der Waals surface area contributed by atoms with E-state index < -0.39 is 6.10 Å². The highest BCUT2D eigenvalue weighted by Crippen LogP contribution is 2.24. The molecular formula is C20H25NO3. The van der Waals surface area contributed by atoms with Crippen molar-refractivity contribution in [1.29, 1.82) is 0 Å². The van der Waals surface area contributed by atoms with Crippen LogP contribution in [0.1, 0.15) is 29.2 Å². The van der Waals surface area contributed by atoms with Crippen molar-refractivity contribution in [2.24, 2.45) is 0 Å². The summed E-state index contributed by atoms with van der Waals surface area (Å²) >= 11 is 0. The standard InChI is InChI=1S/C20H25NO3/c1-13-10-14(2)15(3)19(11-13)24-16(4)20(22)21-12-17-8-6-7-9-18(17)23-5/h6-11,16H,12H2,1-5H3,(H,21,22). The van der Waals surface area contributed by atoms with Crippen LogP contribution < -0.4 is 14.8 Å². The number of hydrogen-bond acceptors (Lipinski definition) is 3. The molecule has 0 aromatic heterocycles. The Labute approximate surface area is 143 Å². The second-order valence-electron chi connectivity index (χ2n) is 5.99. The molecule has 2 aromatic carbocycles. The van der Waals surface area contributed by atoms with Crippen molar-refractivity contribution in [1.82, 2.24) is 5.32 Å². The second-order valence-corrected chi connectivity index (χ2v) is 5.99. The van der Waals surface area contributed by atoms with E-state index in [0.29, 0.717) is 6.54 Å². The van der Waals surface area contributed by atoms with Crippen LogP contribution in [0.4, 0.5) is 0 Å². The zero-order chi connectivity index (χ0) is 17.7. The Morgan fingerprint density at radius 3 is 2.54 bits per heavy atom. The number of nitrogens with one attached hydrogen (secondary N) is 1. The number of methoxy groups -OCH3 is 1. The molecule has 2 rings (SSSR count). The van der Waals surface area contributed by atoms with Gasteiger partial charge in [0.25, 0.3) is 5.91 Å². The number of amides is 1. The third-order valence-electron chi connectivity index (χ3n) is 4.08. The van der Waals surface area contributed by atoms with Gasteiger partial charge in [0.1, 0.15) is 11.5 Å². The molecule has 1 amide bonds. The molecule has 0 saturated heterocycles. The van der Waals surface area contributed by atoms with E-state index in [1.807, 2.05) is 51.1 Å². The van der Waals surface area contributed by atoms with Gasteiger partial charge in [-0.2, -0.15) is 0 Å². The molecule has 4 heteroatoms. The third-order valence-corrected chi connectivity index (χ3v) is 4.08. The molecule has 0 bridgehead atoms. The van der Waals surface area contributed by atoms with Crippen LogP contribution in [0.3, 0.4) is 0 Å². The van der Waals surface area contributed by atoms with Gasteiger partial charge in [-0.3, -0.25) is 4.79 Å². The fraction of sp³-hybridized carbons (Fsp3) is 0.350. The number of para-hydroxylation sites is 1. The lowest BCUT2D eigenvalue weighted by Gasteiger charge is -2.18. The summed E-state index contributed by atoms with van der Waals surface area (Å²) in [5, 5.41) is 2.90. The molecule has 0 radical (unpaired) electrons. The molecule has 0 spiro atoms. The Morgan fingerprint density at radius 2 is 1.83 bits per heavy atom. The zero-order valence-electron chi connectivity index (χ0n) is 15.0. The van der Waals surface area contributed by atoms with Crippen LogP contribution in [0.15, 0.2) is 36.4 Å². The maximum Gasteiger partial charge on any atom is 0.261 e. The molecule has 1 atom stereocenters. The van der Waals surface area contributed by atoms with E-state index in [0.717, 1.165) is 33.8 Å². The minimum Gasteiger partial charge on any atom is -0.496 e. The monoisotopic (exact) mass is 327 g/mol. The number of rotatable bonds is 6. The maximum absolute atomic E-state index is 12.3. The fourth-order valence-corrected chi connectivity index (χ4v) is 2.54. The molecule has 0 aliphatic heterocycles. The number of benzene rings is 2. The highest BCUT2D eigenvalue weighted by Gasteiger charge is 2.16. The van der Waals surface area contributed by atoms with Crippen molar-refractivity contribution in [3.05, 3.63) is 58.7 Å². The van der Waals surface area contributed by atoms with Crippen LogP contribution in [0.2, 0.25) is 0 Å². The molecule has 2 aromatic rings. The Hall–Kier alpha value is -2.49. The van der Waals surface area contributed by atoms with Crippen LogP contribution >= 0.6 is 0 Å². The van der Waals surface area contributed by atoms with Gasteiger partial charge in [0.05, 0.1) is 7.11 Å². The molecule has 24 heavy (non-hydrogen) atoms. The van der Waals surface area contributed by atoms with Gasteiger partial charge < -0.3 is 14.8 Å². The van der Waals surface area contributed by atoms with Crippen molar-refractivity contribution in [2.75, 3.05) is 7.11 Å². The first kappa shape index (κ1) is 17.9. The van der Waals surface area contributed by atoms with Gasteiger partial charge in [0, 0.05) is 12.1 Å². The Bertz CT molecular complexity index is 725. The Morgan fingerprint density at radius 1 is 1.12 bits per heavy atom.